The molecule has 2 aromatic carbocycles. The predicted molar refractivity (Wildman–Crippen MR) is 125 cm³/mol. The minimum atomic E-state index is -0.319. The molecule has 1 aromatic heterocycles. The number of carbonyl (C=O) groups is 1. The summed E-state index contributed by atoms with van der Waals surface area (Å²) in [6.07, 6.45) is 8.51. The maximum Gasteiger partial charge on any atom is 0.217 e. The first kappa shape index (κ1) is 19.7. The fraction of sp³-hybridized carbons (Fsp3) is 0.407. The Bertz CT molecular complexity index is 1200. The summed E-state index contributed by atoms with van der Waals surface area (Å²) in [6, 6.07) is 13.0. The first-order valence-corrected chi connectivity index (χ1v) is 11.9. The number of aromatic nitrogens is 2. The molecule has 5 heteroatoms. The van der Waals surface area contributed by atoms with E-state index in [2.05, 4.69) is 45.4 Å². The fourth-order valence-electron chi connectivity index (χ4n) is 5.70. The number of aldehydes is 1. The van der Waals surface area contributed by atoms with Crippen molar-refractivity contribution in [2.45, 2.75) is 44.9 Å². The fourth-order valence-corrected chi connectivity index (χ4v) is 5.70. The number of nitrogens with zero attached hydrogens (tertiary/aromatic N) is 2. The van der Waals surface area contributed by atoms with Gasteiger partial charge in [-0.2, -0.15) is 9.49 Å². The van der Waals surface area contributed by atoms with E-state index in [-0.39, 0.29) is 11.9 Å². The molecule has 2 aliphatic carbocycles. The normalized spacial score (nSPS) is 19.8. The molecule has 0 amide bonds. The van der Waals surface area contributed by atoms with Gasteiger partial charge in [0.05, 0.1) is 10.9 Å². The molecule has 1 N–H and O–H groups in total. The molecule has 0 unspecified atom stereocenters. The molecule has 0 spiro atoms. The van der Waals surface area contributed by atoms with Gasteiger partial charge in [0.15, 0.2) is 0 Å². The molecule has 164 valence electrons. The van der Waals surface area contributed by atoms with Gasteiger partial charge in [-0.05, 0) is 91.3 Å². The Balaban J connectivity index is 1.41. The quantitative estimate of drug-likeness (QED) is 0.544. The third-order valence-corrected chi connectivity index (χ3v) is 7.57. The molecule has 2 fully saturated rings. The lowest BCUT2D eigenvalue weighted by Gasteiger charge is -2.31. The van der Waals surface area contributed by atoms with E-state index in [1.807, 2.05) is 6.07 Å². The van der Waals surface area contributed by atoms with Crippen molar-refractivity contribution in [3.8, 4) is 0 Å². The summed E-state index contributed by atoms with van der Waals surface area (Å²) in [7, 11) is 0. The molecule has 2 heterocycles. The van der Waals surface area contributed by atoms with Crippen LogP contribution in [-0.4, -0.2) is 29.6 Å². The molecule has 3 aromatic rings. The number of benzene rings is 2. The first-order valence-electron chi connectivity index (χ1n) is 11.9. The lowest BCUT2D eigenvalue weighted by molar-refractivity contribution is -0.111. The minimum Gasteiger partial charge on any atom is -0.371 e. The molecular weight excluding hydrogens is 401 g/mol. The third-order valence-electron chi connectivity index (χ3n) is 7.57. The molecule has 1 saturated heterocycles. The number of halogens is 1. The van der Waals surface area contributed by atoms with Crippen LogP contribution in [0.1, 0.15) is 55.2 Å². The number of nitrogens with one attached hydrogen (secondary N) is 1. The van der Waals surface area contributed by atoms with Crippen LogP contribution in [0.15, 0.2) is 42.0 Å². The zero-order valence-corrected chi connectivity index (χ0v) is 18.2. The summed E-state index contributed by atoms with van der Waals surface area (Å²) < 4.78 is 14.6. The number of anilines is 1. The number of piperidine rings is 1. The van der Waals surface area contributed by atoms with Gasteiger partial charge in [0.2, 0.25) is 5.95 Å². The third kappa shape index (κ3) is 3.35. The van der Waals surface area contributed by atoms with Crippen molar-refractivity contribution in [1.29, 1.82) is 0 Å². The molecule has 0 radical (unpaired) electrons. The van der Waals surface area contributed by atoms with Gasteiger partial charge >= 0.3 is 0 Å². The number of H-pyrrole nitrogens is 1. The highest BCUT2D eigenvalue weighted by atomic mass is 19.1. The van der Waals surface area contributed by atoms with Gasteiger partial charge in [-0.3, -0.25) is 5.10 Å². The van der Waals surface area contributed by atoms with Crippen LogP contribution in [0.4, 0.5) is 10.1 Å². The van der Waals surface area contributed by atoms with Crippen molar-refractivity contribution < 1.29 is 9.18 Å². The highest BCUT2D eigenvalue weighted by Gasteiger charge is 2.32. The van der Waals surface area contributed by atoms with Gasteiger partial charge in [-0.15, -0.1) is 0 Å². The van der Waals surface area contributed by atoms with Crippen LogP contribution in [0, 0.1) is 17.8 Å². The van der Waals surface area contributed by atoms with Crippen molar-refractivity contribution in [1.82, 2.24) is 10.2 Å². The summed E-state index contributed by atoms with van der Waals surface area (Å²) in [6.45, 7) is 1.86. The van der Waals surface area contributed by atoms with Gasteiger partial charge < -0.3 is 9.69 Å². The lowest BCUT2D eigenvalue weighted by Crippen LogP contribution is -2.34. The van der Waals surface area contributed by atoms with E-state index < -0.39 is 0 Å². The largest absolute Gasteiger partial charge is 0.371 e. The standard InChI is InChI=1S/C27H28FN3O/c28-27-26-22-3-1-2-21(18-4-5-18)25(23(22)10-11-24(26)29-30-27)19-6-8-20(9-7-19)31-14-12-17(16-32)13-15-31/h6-11,16-18H,1-5,12-15H2,(H,29,30). The Morgan fingerprint density at radius 3 is 2.50 bits per heavy atom. The molecule has 6 rings (SSSR count). The Hall–Kier alpha value is -2.95. The highest BCUT2D eigenvalue weighted by Crippen LogP contribution is 2.47. The predicted octanol–water partition coefficient (Wildman–Crippen LogP) is 5.67. The summed E-state index contributed by atoms with van der Waals surface area (Å²) in [4.78, 5) is 13.5. The molecule has 0 atom stereocenters. The van der Waals surface area contributed by atoms with E-state index in [0.717, 1.165) is 57.0 Å². The van der Waals surface area contributed by atoms with Gasteiger partial charge in [-0.1, -0.05) is 23.8 Å². The van der Waals surface area contributed by atoms with Crippen LogP contribution in [0.25, 0.3) is 16.5 Å². The number of aryl methyl sites for hydroxylation is 1. The molecule has 32 heavy (non-hydrogen) atoms. The maximum atomic E-state index is 14.6. The Kier molecular flexibility index (Phi) is 4.85. The Morgan fingerprint density at radius 2 is 1.78 bits per heavy atom. The van der Waals surface area contributed by atoms with Crippen LogP contribution in [0.2, 0.25) is 0 Å². The summed E-state index contributed by atoms with van der Waals surface area (Å²) >= 11 is 0. The minimum absolute atomic E-state index is 0.208. The van der Waals surface area contributed by atoms with Crippen molar-refractivity contribution in [2.24, 2.45) is 11.8 Å². The smallest absolute Gasteiger partial charge is 0.217 e. The second-order valence-corrected chi connectivity index (χ2v) is 9.56. The van der Waals surface area contributed by atoms with E-state index in [1.165, 1.54) is 35.2 Å². The average molecular weight is 430 g/mol. The summed E-state index contributed by atoms with van der Waals surface area (Å²) in [5.41, 5.74) is 8.29. The molecule has 4 nitrogen and oxygen atoms in total. The average Bonchev–Trinajstić information content (AvgIpc) is 3.63. The Morgan fingerprint density at radius 1 is 1.00 bits per heavy atom. The first-order chi connectivity index (χ1) is 15.7. The van der Waals surface area contributed by atoms with Gasteiger partial charge in [0.1, 0.15) is 6.29 Å². The van der Waals surface area contributed by atoms with E-state index >= 15 is 0 Å². The number of aromatic amines is 1. The van der Waals surface area contributed by atoms with E-state index in [1.54, 1.807) is 5.57 Å². The van der Waals surface area contributed by atoms with Crippen LogP contribution in [0.3, 0.4) is 0 Å². The molecule has 3 aliphatic rings. The highest BCUT2D eigenvalue weighted by molar-refractivity contribution is 5.93. The number of rotatable bonds is 4. The van der Waals surface area contributed by atoms with Crippen LogP contribution in [0.5, 0.6) is 0 Å². The van der Waals surface area contributed by atoms with Crippen LogP contribution >= 0.6 is 0 Å². The topological polar surface area (TPSA) is 49.0 Å². The molecule has 1 aliphatic heterocycles. The zero-order chi connectivity index (χ0) is 21.7. The summed E-state index contributed by atoms with van der Waals surface area (Å²) in [5, 5.41) is 7.35. The van der Waals surface area contributed by atoms with Crippen molar-refractivity contribution in [3.05, 3.63) is 64.6 Å². The van der Waals surface area contributed by atoms with E-state index in [0.29, 0.717) is 16.8 Å². The van der Waals surface area contributed by atoms with Crippen molar-refractivity contribution in [2.75, 3.05) is 18.0 Å². The number of allylic oxidation sites excluding steroid dienone is 1. The number of fused-ring (bicyclic) bond motifs is 3. The SMILES string of the molecule is O=CC1CCN(c2ccc(C3=C(C4CC4)CCCc4c3ccc3n[nH]c(F)c43)cc2)CC1. The van der Waals surface area contributed by atoms with Gasteiger partial charge in [0.25, 0.3) is 0 Å². The number of hydrogen-bond acceptors (Lipinski definition) is 3. The van der Waals surface area contributed by atoms with E-state index in [4.69, 9.17) is 0 Å². The van der Waals surface area contributed by atoms with Crippen LogP contribution < -0.4 is 4.90 Å². The lowest BCUT2D eigenvalue weighted by atomic mass is 9.88. The molecule has 1 saturated carbocycles. The second kappa shape index (κ2) is 7.88. The van der Waals surface area contributed by atoms with E-state index in [9.17, 15) is 9.18 Å². The van der Waals surface area contributed by atoms with Crippen LogP contribution in [-0.2, 0) is 11.2 Å². The number of hydrogen-bond donors (Lipinski definition) is 1. The van der Waals surface area contributed by atoms with Gasteiger partial charge in [0, 0.05) is 24.7 Å². The van der Waals surface area contributed by atoms with Gasteiger partial charge in [-0.25, -0.2) is 0 Å². The van der Waals surface area contributed by atoms with Crippen molar-refractivity contribution in [3.63, 3.8) is 0 Å². The molecular formula is C27H28FN3O. The zero-order valence-electron chi connectivity index (χ0n) is 18.2. The second-order valence-electron chi connectivity index (χ2n) is 9.56. The maximum absolute atomic E-state index is 14.6. The summed E-state index contributed by atoms with van der Waals surface area (Å²) in [5.74, 6) is 0.558. The monoisotopic (exact) mass is 429 g/mol. The number of carbonyl (C=O) groups excluding carboxylic acids is 1. The van der Waals surface area contributed by atoms with Crippen molar-refractivity contribution >= 4 is 28.4 Å². The Labute approximate surface area is 187 Å². The molecule has 0 bridgehead atoms.